The Bertz CT molecular complexity index is 493. The average molecular weight is 244 g/mol. The van der Waals surface area contributed by atoms with Gasteiger partial charge in [0.05, 0.1) is 0 Å². The number of fused-ring (bicyclic) bond motifs is 1. The second-order valence-corrected chi connectivity index (χ2v) is 4.56. The van der Waals surface area contributed by atoms with Gasteiger partial charge in [-0.25, -0.2) is 4.98 Å². The Balaban J connectivity index is 2.10. The van der Waals surface area contributed by atoms with Gasteiger partial charge >= 0.3 is 0 Å². The zero-order chi connectivity index (χ0) is 12.8. The SMILES string of the molecule is CN(CCCCCO)c1nccc2ccccc12. The number of rotatable bonds is 6. The fraction of sp³-hybridized carbons (Fsp3) is 0.400. The van der Waals surface area contributed by atoms with Gasteiger partial charge in [0, 0.05) is 31.8 Å². The molecule has 0 unspecified atom stereocenters. The average Bonchev–Trinajstić information content (AvgIpc) is 2.43. The standard InChI is InChI=1S/C15H20N2O/c1-17(11-5-2-6-12-18)15-14-8-4-3-7-13(14)9-10-16-15/h3-4,7-10,18H,2,5-6,11-12H2,1H3. The monoisotopic (exact) mass is 244 g/mol. The first-order chi connectivity index (χ1) is 8.83. The van der Waals surface area contributed by atoms with Gasteiger partial charge in [-0.2, -0.15) is 0 Å². The van der Waals surface area contributed by atoms with E-state index in [1.54, 1.807) is 0 Å². The molecule has 0 saturated heterocycles. The van der Waals surface area contributed by atoms with Gasteiger partial charge in [-0.15, -0.1) is 0 Å². The summed E-state index contributed by atoms with van der Waals surface area (Å²) < 4.78 is 0. The third-order valence-corrected chi connectivity index (χ3v) is 3.17. The maximum atomic E-state index is 8.76. The fourth-order valence-corrected chi connectivity index (χ4v) is 2.15. The maximum absolute atomic E-state index is 8.76. The molecule has 0 aliphatic rings. The van der Waals surface area contributed by atoms with Gasteiger partial charge in [0.15, 0.2) is 0 Å². The molecule has 1 aromatic heterocycles. The van der Waals surface area contributed by atoms with Crippen molar-refractivity contribution in [2.75, 3.05) is 25.1 Å². The molecule has 3 nitrogen and oxygen atoms in total. The number of aromatic nitrogens is 1. The van der Waals surface area contributed by atoms with E-state index in [-0.39, 0.29) is 6.61 Å². The Morgan fingerprint density at radius 1 is 1.11 bits per heavy atom. The van der Waals surface area contributed by atoms with Crippen LogP contribution in [0.3, 0.4) is 0 Å². The number of aliphatic hydroxyl groups excluding tert-OH is 1. The molecule has 96 valence electrons. The molecule has 0 spiro atoms. The molecule has 0 saturated carbocycles. The minimum atomic E-state index is 0.288. The molecule has 18 heavy (non-hydrogen) atoms. The van der Waals surface area contributed by atoms with Crippen LogP contribution in [0.2, 0.25) is 0 Å². The molecule has 0 radical (unpaired) electrons. The van der Waals surface area contributed by atoms with Gasteiger partial charge < -0.3 is 10.0 Å². The molecule has 1 heterocycles. The van der Waals surface area contributed by atoms with E-state index in [1.807, 2.05) is 24.4 Å². The van der Waals surface area contributed by atoms with E-state index in [4.69, 9.17) is 5.11 Å². The van der Waals surface area contributed by atoms with Gasteiger partial charge in [0.2, 0.25) is 0 Å². The second-order valence-electron chi connectivity index (χ2n) is 4.56. The number of benzene rings is 1. The third kappa shape index (κ3) is 2.99. The number of aliphatic hydroxyl groups is 1. The van der Waals surface area contributed by atoms with Crippen LogP contribution in [-0.4, -0.2) is 30.3 Å². The molecule has 0 aliphatic carbocycles. The molecule has 0 amide bonds. The fourth-order valence-electron chi connectivity index (χ4n) is 2.15. The summed E-state index contributed by atoms with van der Waals surface area (Å²) in [6.45, 7) is 1.26. The molecule has 3 heteroatoms. The van der Waals surface area contributed by atoms with E-state index < -0.39 is 0 Å². The van der Waals surface area contributed by atoms with Crippen LogP contribution in [0, 0.1) is 0 Å². The van der Waals surface area contributed by atoms with Crippen LogP contribution < -0.4 is 4.90 Å². The summed E-state index contributed by atoms with van der Waals surface area (Å²) in [6.07, 6.45) is 4.90. The first-order valence-corrected chi connectivity index (χ1v) is 6.48. The van der Waals surface area contributed by atoms with E-state index in [0.29, 0.717) is 0 Å². The van der Waals surface area contributed by atoms with Crippen molar-refractivity contribution in [3.63, 3.8) is 0 Å². The van der Waals surface area contributed by atoms with Crippen LogP contribution in [0.15, 0.2) is 36.5 Å². The molecule has 0 atom stereocenters. The molecule has 2 rings (SSSR count). The predicted molar refractivity (Wildman–Crippen MR) is 75.9 cm³/mol. The van der Waals surface area contributed by atoms with Gasteiger partial charge in [-0.1, -0.05) is 24.3 Å². The van der Waals surface area contributed by atoms with Crippen molar-refractivity contribution in [3.05, 3.63) is 36.5 Å². The molecule has 0 fully saturated rings. The number of hydrogen-bond acceptors (Lipinski definition) is 3. The Morgan fingerprint density at radius 2 is 1.94 bits per heavy atom. The predicted octanol–water partition coefficient (Wildman–Crippen LogP) is 2.83. The van der Waals surface area contributed by atoms with Crippen LogP contribution in [0.4, 0.5) is 5.82 Å². The summed E-state index contributed by atoms with van der Waals surface area (Å²) >= 11 is 0. The summed E-state index contributed by atoms with van der Waals surface area (Å²) in [5.41, 5.74) is 0. The normalized spacial score (nSPS) is 10.8. The quantitative estimate of drug-likeness (QED) is 0.794. The first-order valence-electron chi connectivity index (χ1n) is 6.48. The smallest absolute Gasteiger partial charge is 0.136 e. The highest BCUT2D eigenvalue weighted by Gasteiger charge is 2.06. The molecular formula is C15H20N2O. The van der Waals surface area contributed by atoms with Crippen molar-refractivity contribution in [3.8, 4) is 0 Å². The Kier molecular flexibility index (Phi) is 4.53. The van der Waals surface area contributed by atoms with E-state index in [2.05, 4.69) is 29.1 Å². The van der Waals surface area contributed by atoms with Crippen LogP contribution in [-0.2, 0) is 0 Å². The molecule has 1 aromatic carbocycles. The molecule has 0 aliphatic heterocycles. The number of unbranched alkanes of at least 4 members (excludes halogenated alkanes) is 2. The summed E-state index contributed by atoms with van der Waals surface area (Å²) in [4.78, 5) is 6.68. The summed E-state index contributed by atoms with van der Waals surface area (Å²) in [5.74, 6) is 1.04. The number of nitrogens with zero attached hydrogens (tertiary/aromatic N) is 2. The zero-order valence-electron chi connectivity index (χ0n) is 10.8. The largest absolute Gasteiger partial charge is 0.396 e. The van der Waals surface area contributed by atoms with Crippen molar-refractivity contribution in [2.24, 2.45) is 0 Å². The zero-order valence-corrected chi connectivity index (χ0v) is 10.8. The van der Waals surface area contributed by atoms with Gasteiger partial charge in [0.1, 0.15) is 5.82 Å². The minimum absolute atomic E-state index is 0.288. The van der Waals surface area contributed by atoms with E-state index in [1.165, 1.54) is 10.8 Å². The maximum Gasteiger partial charge on any atom is 0.136 e. The Morgan fingerprint density at radius 3 is 2.78 bits per heavy atom. The topological polar surface area (TPSA) is 36.4 Å². The summed E-state index contributed by atoms with van der Waals surface area (Å²) in [7, 11) is 2.08. The van der Waals surface area contributed by atoms with Gasteiger partial charge in [0.25, 0.3) is 0 Å². The highest BCUT2D eigenvalue weighted by atomic mass is 16.2. The van der Waals surface area contributed by atoms with Crippen molar-refractivity contribution in [1.82, 2.24) is 4.98 Å². The van der Waals surface area contributed by atoms with Crippen molar-refractivity contribution >= 4 is 16.6 Å². The van der Waals surface area contributed by atoms with Gasteiger partial charge in [-0.3, -0.25) is 0 Å². The van der Waals surface area contributed by atoms with Crippen molar-refractivity contribution < 1.29 is 5.11 Å². The Hall–Kier alpha value is -1.61. The van der Waals surface area contributed by atoms with Crippen LogP contribution >= 0.6 is 0 Å². The lowest BCUT2D eigenvalue weighted by Gasteiger charge is -2.19. The number of pyridine rings is 1. The number of anilines is 1. The lowest BCUT2D eigenvalue weighted by atomic mass is 10.1. The minimum Gasteiger partial charge on any atom is -0.396 e. The molecule has 1 N–H and O–H groups in total. The number of hydrogen-bond donors (Lipinski definition) is 1. The Labute approximate surface area is 108 Å². The summed E-state index contributed by atoms with van der Waals surface area (Å²) in [5, 5.41) is 11.2. The second kappa shape index (κ2) is 6.36. The van der Waals surface area contributed by atoms with Crippen molar-refractivity contribution in [1.29, 1.82) is 0 Å². The van der Waals surface area contributed by atoms with Crippen LogP contribution in [0.1, 0.15) is 19.3 Å². The van der Waals surface area contributed by atoms with Gasteiger partial charge in [-0.05, 0) is 30.7 Å². The lowest BCUT2D eigenvalue weighted by molar-refractivity contribution is 0.283. The van der Waals surface area contributed by atoms with E-state index in [9.17, 15) is 0 Å². The van der Waals surface area contributed by atoms with Crippen LogP contribution in [0.5, 0.6) is 0 Å². The molecule has 2 aromatic rings. The molecule has 0 bridgehead atoms. The first kappa shape index (κ1) is 12.8. The molecular weight excluding hydrogens is 224 g/mol. The van der Waals surface area contributed by atoms with E-state index >= 15 is 0 Å². The van der Waals surface area contributed by atoms with Crippen LogP contribution in [0.25, 0.3) is 10.8 Å². The van der Waals surface area contributed by atoms with E-state index in [0.717, 1.165) is 31.6 Å². The lowest BCUT2D eigenvalue weighted by Crippen LogP contribution is -2.20. The summed E-state index contributed by atoms with van der Waals surface area (Å²) in [6, 6.07) is 10.4. The highest BCUT2D eigenvalue weighted by Crippen LogP contribution is 2.23. The highest BCUT2D eigenvalue weighted by molar-refractivity contribution is 5.91. The van der Waals surface area contributed by atoms with Crippen molar-refractivity contribution in [2.45, 2.75) is 19.3 Å². The third-order valence-electron chi connectivity index (χ3n) is 3.17.